The Morgan fingerprint density at radius 3 is 2.63 bits per heavy atom. The Morgan fingerprint density at radius 1 is 1.23 bits per heavy atom. The molecule has 1 amide bonds. The number of anilines is 1. The summed E-state index contributed by atoms with van der Waals surface area (Å²) in [5, 5.41) is 18.7. The molecule has 1 aromatic carbocycles. The molecule has 1 saturated heterocycles. The first kappa shape index (κ1) is 20.0. The third-order valence-corrected chi connectivity index (χ3v) is 5.59. The number of piperidine rings is 1. The van der Waals surface area contributed by atoms with E-state index in [1.807, 2.05) is 67.4 Å². The number of aryl methyl sites for hydroxylation is 2. The number of carbonyl (C=O) groups excluding carboxylic acids is 1. The van der Waals surface area contributed by atoms with Crippen LogP contribution in [0, 0.1) is 6.92 Å². The van der Waals surface area contributed by atoms with E-state index in [9.17, 15) is 9.90 Å². The van der Waals surface area contributed by atoms with Crippen molar-refractivity contribution in [3.63, 3.8) is 0 Å². The first-order valence-electron chi connectivity index (χ1n) is 10.0. The van der Waals surface area contributed by atoms with E-state index >= 15 is 0 Å². The fourth-order valence-electron chi connectivity index (χ4n) is 4.14. The Kier molecular flexibility index (Phi) is 5.50. The van der Waals surface area contributed by atoms with Crippen LogP contribution < -0.4 is 10.2 Å². The molecule has 0 saturated carbocycles. The third kappa shape index (κ3) is 3.91. The molecule has 2 aromatic heterocycles. The molecule has 1 aliphatic rings. The topological polar surface area (TPSA) is 96.2 Å². The first-order chi connectivity index (χ1) is 14.5. The minimum Gasteiger partial charge on any atom is -0.388 e. The minimum absolute atomic E-state index is 0.161. The number of hydrogen-bond donors (Lipinski definition) is 2. The number of hydrogen-bond acceptors (Lipinski definition) is 6. The number of aliphatic hydroxyl groups is 1. The van der Waals surface area contributed by atoms with Gasteiger partial charge in [-0.25, -0.2) is 4.68 Å². The van der Waals surface area contributed by atoms with E-state index in [0.29, 0.717) is 37.0 Å². The summed E-state index contributed by atoms with van der Waals surface area (Å²) in [6, 6.07) is 15.2. The summed E-state index contributed by atoms with van der Waals surface area (Å²) in [6.07, 6.45) is 1.55. The van der Waals surface area contributed by atoms with E-state index in [0.717, 1.165) is 5.56 Å². The Hall–Kier alpha value is -3.26. The molecule has 3 aromatic rings. The number of rotatable bonds is 5. The van der Waals surface area contributed by atoms with Gasteiger partial charge in [0.15, 0.2) is 0 Å². The highest BCUT2D eigenvalue weighted by Crippen LogP contribution is 2.34. The molecule has 4 rings (SSSR count). The SMILES string of the molecule is Cc1nc(N2CC[C@](NC(=O)Cc3ccccn3)(c3ccccc3)[C@H](O)C2)n(C)n1. The molecule has 0 radical (unpaired) electrons. The molecule has 30 heavy (non-hydrogen) atoms. The Morgan fingerprint density at radius 2 is 2.00 bits per heavy atom. The lowest BCUT2D eigenvalue weighted by Gasteiger charge is -2.46. The lowest BCUT2D eigenvalue weighted by Crippen LogP contribution is -2.62. The molecule has 2 N–H and O–H groups in total. The summed E-state index contributed by atoms with van der Waals surface area (Å²) in [6.45, 7) is 2.81. The van der Waals surface area contributed by atoms with Crippen LogP contribution in [0.4, 0.5) is 5.95 Å². The lowest BCUT2D eigenvalue weighted by molar-refractivity contribution is -0.125. The zero-order valence-corrected chi connectivity index (χ0v) is 17.2. The molecule has 2 atom stereocenters. The summed E-state index contributed by atoms with van der Waals surface area (Å²) in [7, 11) is 1.84. The van der Waals surface area contributed by atoms with Crippen LogP contribution in [0.2, 0.25) is 0 Å². The lowest BCUT2D eigenvalue weighted by atomic mass is 9.78. The highest BCUT2D eigenvalue weighted by molar-refractivity contribution is 5.79. The maximum absolute atomic E-state index is 12.9. The average molecular weight is 406 g/mol. The highest BCUT2D eigenvalue weighted by Gasteiger charge is 2.45. The molecule has 8 nitrogen and oxygen atoms in total. The zero-order valence-electron chi connectivity index (χ0n) is 17.2. The molecule has 8 heteroatoms. The van der Waals surface area contributed by atoms with Gasteiger partial charge in [-0.15, -0.1) is 0 Å². The smallest absolute Gasteiger partial charge is 0.226 e. The zero-order chi connectivity index (χ0) is 21.1. The van der Waals surface area contributed by atoms with Crippen LogP contribution in [-0.2, 0) is 23.8 Å². The molecule has 3 heterocycles. The van der Waals surface area contributed by atoms with Gasteiger partial charge in [-0.3, -0.25) is 9.78 Å². The van der Waals surface area contributed by atoms with Gasteiger partial charge in [0.05, 0.1) is 18.1 Å². The molecule has 1 fully saturated rings. The fourth-order valence-corrected chi connectivity index (χ4v) is 4.14. The predicted molar refractivity (Wildman–Crippen MR) is 113 cm³/mol. The van der Waals surface area contributed by atoms with Crippen LogP contribution in [0.3, 0.4) is 0 Å². The van der Waals surface area contributed by atoms with Crippen molar-refractivity contribution >= 4 is 11.9 Å². The average Bonchev–Trinajstić information content (AvgIpc) is 3.09. The standard InChI is InChI=1S/C22H26N6O2/c1-16-24-21(27(2)26-16)28-13-11-22(19(29)15-28,17-8-4-3-5-9-17)25-20(30)14-18-10-6-7-12-23-18/h3-10,12,19,29H,11,13-15H2,1-2H3,(H,25,30)/t19-,22+/m1/s1. The van der Waals surface area contributed by atoms with E-state index in [1.54, 1.807) is 10.9 Å². The van der Waals surface area contributed by atoms with Crippen molar-refractivity contribution in [3.8, 4) is 0 Å². The Labute approximate surface area is 175 Å². The first-order valence-corrected chi connectivity index (χ1v) is 10.0. The van der Waals surface area contributed by atoms with Crippen LogP contribution in [0.5, 0.6) is 0 Å². The molecule has 0 aliphatic carbocycles. The van der Waals surface area contributed by atoms with Gasteiger partial charge in [0.2, 0.25) is 11.9 Å². The Bertz CT molecular complexity index is 1010. The maximum Gasteiger partial charge on any atom is 0.226 e. The van der Waals surface area contributed by atoms with Crippen molar-refractivity contribution in [2.24, 2.45) is 7.05 Å². The van der Waals surface area contributed by atoms with Crippen molar-refractivity contribution < 1.29 is 9.90 Å². The van der Waals surface area contributed by atoms with E-state index in [4.69, 9.17) is 0 Å². The normalized spacial score (nSPS) is 21.4. The van der Waals surface area contributed by atoms with Gasteiger partial charge in [0.25, 0.3) is 0 Å². The van der Waals surface area contributed by atoms with Gasteiger partial charge < -0.3 is 15.3 Å². The molecule has 156 valence electrons. The summed E-state index contributed by atoms with van der Waals surface area (Å²) in [5.41, 5.74) is 0.706. The van der Waals surface area contributed by atoms with Crippen LogP contribution >= 0.6 is 0 Å². The van der Waals surface area contributed by atoms with Gasteiger partial charge in [0, 0.05) is 32.0 Å². The minimum atomic E-state index is -0.878. The molecular weight excluding hydrogens is 380 g/mol. The van der Waals surface area contributed by atoms with E-state index < -0.39 is 11.6 Å². The number of nitrogens with zero attached hydrogens (tertiary/aromatic N) is 5. The largest absolute Gasteiger partial charge is 0.388 e. The van der Waals surface area contributed by atoms with Crippen molar-refractivity contribution in [2.75, 3.05) is 18.0 Å². The van der Waals surface area contributed by atoms with Gasteiger partial charge in [-0.1, -0.05) is 36.4 Å². The number of aliphatic hydroxyl groups excluding tert-OH is 1. The second kappa shape index (κ2) is 8.23. The van der Waals surface area contributed by atoms with Crippen LogP contribution in [0.15, 0.2) is 54.7 Å². The molecule has 0 unspecified atom stereocenters. The number of nitrogens with one attached hydrogen (secondary N) is 1. The maximum atomic E-state index is 12.9. The third-order valence-electron chi connectivity index (χ3n) is 5.59. The van der Waals surface area contributed by atoms with E-state index in [1.165, 1.54) is 0 Å². The number of pyridine rings is 1. The number of benzene rings is 1. The summed E-state index contributed by atoms with van der Waals surface area (Å²) >= 11 is 0. The van der Waals surface area contributed by atoms with Crippen molar-refractivity contribution in [3.05, 3.63) is 71.8 Å². The molecule has 0 spiro atoms. The van der Waals surface area contributed by atoms with Gasteiger partial charge >= 0.3 is 0 Å². The second-order valence-corrected chi connectivity index (χ2v) is 7.68. The summed E-state index contributed by atoms with van der Waals surface area (Å²) in [4.78, 5) is 23.6. The Balaban J connectivity index is 1.59. The summed E-state index contributed by atoms with van der Waals surface area (Å²) in [5.74, 6) is 1.23. The van der Waals surface area contributed by atoms with E-state index in [-0.39, 0.29) is 12.3 Å². The van der Waals surface area contributed by atoms with Gasteiger partial charge in [-0.05, 0) is 31.0 Å². The molecular formula is C22H26N6O2. The highest BCUT2D eigenvalue weighted by atomic mass is 16.3. The van der Waals surface area contributed by atoms with Crippen molar-refractivity contribution in [1.82, 2.24) is 25.1 Å². The van der Waals surface area contributed by atoms with Crippen molar-refractivity contribution in [2.45, 2.75) is 31.4 Å². The van der Waals surface area contributed by atoms with Crippen LogP contribution in [0.25, 0.3) is 0 Å². The molecule has 1 aliphatic heterocycles. The van der Waals surface area contributed by atoms with Crippen molar-refractivity contribution in [1.29, 1.82) is 0 Å². The quantitative estimate of drug-likeness (QED) is 0.664. The monoisotopic (exact) mass is 406 g/mol. The number of β-amino-alcohol motifs (C(OH)–C–C–N with tert-alkyl or cyclic N) is 1. The van der Waals surface area contributed by atoms with Gasteiger partial charge in [-0.2, -0.15) is 10.1 Å². The number of carbonyl (C=O) groups is 1. The van der Waals surface area contributed by atoms with E-state index in [2.05, 4.69) is 20.4 Å². The molecule has 0 bridgehead atoms. The van der Waals surface area contributed by atoms with Crippen LogP contribution in [-0.4, -0.2) is 50.0 Å². The predicted octanol–water partition coefficient (Wildman–Crippen LogP) is 1.34. The fraction of sp³-hybridized carbons (Fsp3) is 0.364. The summed E-state index contributed by atoms with van der Waals surface area (Å²) < 4.78 is 1.72. The van der Waals surface area contributed by atoms with Gasteiger partial charge in [0.1, 0.15) is 5.82 Å². The van der Waals surface area contributed by atoms with Crippen LogP contribution in [0.1, 0.15) is 23.5 Å². The second-order valence-electron chi connectivity index (χ2n) is 7.68. The number of aromatic nitrogens is 4. The number of amides is 1.